The normalized spacial score (nSPS) is 14.4. The second-order valence-corrected chi connectivity index (χ2v) is 7.25. The van der Waals surface area contributed by atoms with Gasteiger partial charge in [0.15, 0.2) is 0 Å². The molecule has 2 aromatic rings. The van der Waals surface area contributed by atoms with Crippen LogP contribution < -0.4 is 9.64 Å². The van der Waals surface area contributed by atoms with Crippen molar-refractivity contribution in [3.05, 3.63) is 64.1 Å². The summed E-state index contributed by atoms with van der Waals surface area (Å²) in [6.07, 6.45) is 2.91. The van der Waals surface area contributed by atoms with Gasteiger partial charge in [-0.2, -0.15) is 0 Å². The lowest BCUT2D eigenvalue weighted by Crippen LogP contribution is -2.48. The van der Waals surface area contributed by atoms with Crippen molar-refractivity contribution >= 4 is 46.8 Å². The maximum absolute atomic E-state index is 12.0. The Hall–Kier alpha value is -2.50. The molecule has 0 N–H and O–H groups in total. The van der Waals surface area contributed by atoms with Gasteiger partial charge in [-0.05, 0) is 48.0 Å². The standard InChI is InChI=1S/C21H20Cl2N2O3/c1-15(26)24-10-12-25(13-11-24)18-5-7-19(8-6-18)28-21(27)9-3-16-2-4-17(22)14-20(16)23/h2-9,14H,10-13H2,1H3/b9-3+. The van der Waals surface area contributed by atoms with Gasteiger partial charge < -0.3 is 14.5 Å². The van der Waals surface area contributed by atoms with Crippen molar-refractivity contribution in [1.29, 1.82) is 0 Å². The van der Waals surface area contributed by atoms with Gasteiger partial charge in [0, 0.05) is 54.9 Å². The number of halogens is 2. The number of esters is 1. The van der Waals surface area contributed by atoms with E-state index in [2.05, 4.69) is 4.90 Å². The van der Waals surface area contributed by atoms with Gasteiger partial charge in [-0.1, -0.05) is 29.3 Å². The van der Waals surface area contributed by atoms with Crippen molar-refractivity contribution < 1.29 is 14.3 Å². The van der Waals surface area contributed by atoms with Crippen molar-refractivity contribution in [2.75, 3.05) is 31.1 Å². The fourth-order valence-electron chi connectivity index (χ4n) is 2.95. The number of piperazine rings is 1. The number of hydrogen-bond donors (Lipinski definition) is 0. The quantitative estimate of drug-likeness (QED) is 0.422. The maximum Gasteiger partial charge on any atom is 0.336 e. The summed E-state index contributed by atoms with van der Waals surface area (Å²) in [6.45, 7) is 4.58. The molecule has 0 atom stereocenters. The number of nitrogens with zero attached hydrogens (tertiary/aromatic N) is 2. The Morgan fingerprint density at radius 1 is 1.00 bits per heavy atom. The minimum Gasteiger partial charge on any atom is -0.423 e. The zero-order chi connectivity index (χ0) is 20.1. The zero-order valence-corrected chi connectivity index (χ0v) is 16.9. The second-order valence-electron chi connectivity index (χ2n) is 6.41. The van der Waals surface area contributed by atoms with Crippen molar-refractivity contribution in [1.82, 2.24) is 4.90 Å². The molecule has 0 aromatic heterocycles. The lowest BCUT2D eigenvalue weighted by molar-refractivity contribution is -0.129. The second kappa shape index (κ2) is 9.13. The van der Waals surface area contributed by atoms with Crippen LogP contribution in [0.3, 0.4) is 0 Å². The first-order chi connectivity index (χ1) is 13.4. The number of carbonyl (C=O) groups is 2. The summed E-state index contributed by atoms with van der Waals surface area (Å²) in [5.74, 6) is 0.0756. The number of carbonyl (C=O) groups excluding carboxylic acids is 2. The summed E-state index contributed by atoms with van der Waals surface area (Å²) in [4.78, 5) is 27.5. The Morgan fingerprint density at radius 3 is 2.29 bits per heavy atom. The molecule has 0 spiro atoms. The van der Waals surface area contributed by atoms with Gasteiger partial charge in [-0.3, -0.25) is 4.79 Å². The van der Waals surface area contributed by atoms with Gasteiger partial charge in [-0.15, -0.1) is 0 Å². The van der Waals surface area contributed by atoms with Gasteiger partial charge in [0.25, 0.3) is 0 Å². The van der Waals surface area contributed by atoms with Gasteiger partial charge in [0.05, 0.1) is 0 Å². The maximum atomic E-state index is 12.0. The molecule has 0 bridgehead atoms. The summed E-state index contributed by atoms with van der Waals surface area (Å²) in [7, 11) is 0. The van der Waals surface area contributed by atoms with Crippen molar-refractivity contribution in [2.45, 2.75) is 6.92 Å². The molecule has 28 heavy (non-hydrogen) atoms. The van der Waals surface area contributed by atoms with Gasteiger partial charge in [-0.25, -0.2) is 4.79 Å². The fourth-order valence-corrected chi connectivity index (χ4v) is 3.42. The van der Waals surface area contributed by atoms with E-state index in [1.807, 2.05) is 17.0 Å². The van der Waals surface area contributed by atoms with Crippen molar-refractivity contribution in [3.8, 4) is 5.75 Å². The Kier molecular flexibility index (Phi) is 6.60. The molecular weight excluding hydrogens is 399 g/mol. The molecule has 1 amide bonds. The monoisotopic (exact) mass is 418 g/mol. The van der Waals surface area contributed by atoms with Gasteiger partial charge in [0.2, 0.25) is 5.91 Å². The zero-order valence-electron chi connectivity index (χ0n) is 15.4. The third-order valence-corrected chi connectivity index (χ3v) is 5.07. The third kappa shape index (κ3) is 5.27. The summed E-state index contributed by atoms with van der Waals surface area (Å²) >= 11 is 11.9. The van der Waals surface area contributed by atoms with Crippen molar-refractivity contribution in [2.24, 2.45) is 0 Å². The highest BCUT2D eigenvalue weighted by atomic mass is 35.5. The van der Waals surface area contributed by atoms with Crippen LogP contribution in [0, 0.1) is 0 Å². The SMILES string of the molecule is CC(=O)N1CCN(c2ccc(OC(=O)/C=C/c3ccc(Cl)cc3Cl)cc2)CC1. The van der Waals surface area contributed by atoms with E-state index in [1.54, 1.807) is 43.3 Å². The molecular formula is C21H20Cl2N2O3. The van der Waals surface area contributed by atoms with E-state index >= 15 is 0 Å². The lowest BCUT2D eigenvalue weighted by atomic mass is 10.2. The van der Waals surface area contributed by atoms with Crippen LogP contribution in [0.4, 0.5) is 5.69 Å². The van der Waals surface area contributed by atoms with Crippen LogP contribution in [0.15, 0.2) is 48.5 Å². The summed E-state index contributed by atoms with van der Waals surface area (Å²) in [6, 6.07) is 12.4. The number of anilines is 1. The molecule has 7 heteroatoms. The van der Waals surface area contributed by atoms with Crippen LogP contribution >= 0.6 is 23.2 Å². The number of amides is 1. The van der Waals surface area contributed by atoms with E-state index in [9.17, 15) is 9.59 Å². The number of rotatable bonds is 4. The largest absolute Gasteiger partial charge is 0.423 e. The summed E-state index contributed by atoms with van der Waals surface area (Å²) in [5.41, 5.74) is 1.72. The summed E-state index contributed by atoms with van der Waals surface area (Å²) < 4.78 is 5.32. The molecule has 1 aliphatic rings. The van der Waals surface area contributed by atoms with Crippen LogP contribution in [-0.4, -0.2) is 43.0 Å². The highest BCUT2D eigenvalue weighted by Crippen LogP contribution is 2.23. The predicted molar refractivity (Wildman–Crippen MR) is 112 cm³/mol. The Bertz CT molecular complexity index is 889. The van der Waals surface area contributed by atoms with Gasteiger partial charge >= 0.3 is 5.97 Å². The highest BCUT2D eigenvalue weighted by Gasteiger charge is 2.18. The molecule has 0 radical (unpaired) electrons. The molecule has 1 heterocycles. The van der Waals surface area contributed by atoms with Crippen LogP contribution in [0.2, 0.25) is 10.0 Å². The molecule has 1 saturated heterocycles. The molecule has 5 nitrogen and oxygen atoms in total. The average molecular weight is 419 g/mol. The first-order valence-corrected chi connectivity index (χ1v) is 9.63. The highest BCUT2D eigenvalue weighted by molar-refractivity contribution is 6.35. The van der Waals surface area contributed by atoms with E-state index in [-0.39, 0.29) is 5.91 Å². The van der Waals surface area contributed by atoms with Gasteiger partial charge in [0.1, 0.15) is 5.75 Å². The van der Waals surface area contributed by atoms with E-state index in [1.165, 1.54) is 6.08 Å². The number of hydrogen-bond acceptors (Lipinski definition) is 4. The molecule has 0 unspecified atom stereocenters. The molecule has 3 rings (SSSR count). The fraction of sp³-hybridized carbons (Fsp3) is 0.238. The van der Waals surface area contributed by atoms with Crippen LogP contribution in [0.1, 0.15) is 12.5 Å². The first kappa shape index (κ1) is 20.2. The molecule has 146 valence electrons. The predicted octanol–water partition coefficient (Wildman–Crippen LogP) is 4.28. The molecule has 0 aliphatic carbocycles. The minimum atomic E-state index is -0.492. The Balaban J connectivity index is 1.56. The topological polar surface area (TPSA) is 49.9 Å². The van der Waals surface area contributed by atoms with E-state index < -0.39 is 5.97 Å². The molecule has 0 saturated carbocycles. The van der Waals surface area contributed by atoms with E-state index in [4.69, 9.17) is 27.9 Å². The average Bonchev–Trinajstić information content (AvgIpc) is 2.68. The van der Waals surface area contributed by atoms with Crippen molar-refractivity contribution in [3.63, 3.8) is 0 Å². The first-order valence-electron chi connectivity index (χ1n) is 8.88. The smallest absolute Gasteiger partial charge is 0.336 e. The summed E-state index contributed by atoms with van der Waals surface area (Å²) in [5, 5.41) is 0.998. The Morgan fingerprint density at radius 2 is 1.68 bits per heavy atom. The third-order valence-electron chi connectivity index (χ3n) is 4.51. The van der Waals surface area contributed by atoms with Crippen LogP contribution in [0.5, 0.6) is 5.75 Å². The van der Waals surface area contributed by atoms with E-state index in [0.29, 0.717) is 34.4 Å². The van der Waals surface area contributed by atoms with Crippen LogP contribution in [0.25, 0.3) is 6.08 Å². The number of ether oxygens (including phenoxy) is 1. The van der Waals surface area contributed by atoms with Crippen LogP contribution in [-0.2, 0) is 9.59 Å². The van der Waals surface area contributed by atoms with E-state index in [0.717, 1.165) is 18.8 Å². The lowest BCUT2D eigenvalue weighted by Gasteiger charge is -2.35. The number of benzene rings is 2. The molecule has 1 aliphatic heterocycles. The molecule has 1 fully saturated rings. The Labute approximate surface area is 174 Å². The molecule has 2 aromatic carbocycles. The minimum absolute atomic E-state index is 0.106.